The highest BCUT2D eigenvalue weighted by atomic mass is 16.6. The quantitative estimate of drug-likeness (QED) is 0.847. The Morgan fingerprint density at radius 2 is 1.92 bits per heavy atom. The van der Waals surface area contributed by atoms with Crippen LogP contribution in [0.15, 0.2) is 24.3 Å². The van der Waals surface area contributed by atoms with Gasteiger partial charge >= 0.3 is 5.97 Å². The molecule has 0 aromatic heterocycles. The number of rotatable bonds is 2. The Balaban J connectivity index is 1.53. The van der Waals surface area contributed by atoms with Crippen LogP contribution in [-0.4, -0.2) is 17.5 Å². The molecule has 4 heteroatoms. The van der Waals surface area contributed by atoms with E-state index in [1.54, 1.807) is 0 Å². The standard InChI is InChI=1S/C20H25NO3/c22-18-13-16(20(24-18)11-4-1-5-12-20)19(23)21-17-10-6-8-14-7-2-3-9-15(14)17/h2-3,7,9,16-17H,1,4-6,8,10-13H2,(H,21,23). The van der Waals surface area contributed by atoms with E-state index in [2.05, 4.69) is 23.5 Å². The molecular weight excluding hydrogens is 302 g/mol. The summed E-state index contributed by atoms with van der Waals surface area (Å²) in [5.74, 6) is -0.523. The third kappa shape index (κ3) is 2.72. The molecule has 2 unspecified atom stereocenters. The van der Waals surface area contributed by atoms with E-state index in [1.165, 1.54) is 17.5 Å². The number of amides is 1. The van der Waals surface area contributed by atoms with Gasteiger partial charge in [-0.3, -0.25) is 9.59 Å². The molecule has 2 aliphatic carbocycles. The third-order valence-corrected chi connectivity index (χ3v) is 6.03. The number of esters is 1. The molecule has 4 nitrogen and oxygen atoms in total. The summed E-state index contributed by atoms with van der Waals surface area (Å²) in [5, 5.41) is 3.24. The highest BCUT2D eigenvalue weighted by Gasteiger charge is 2.53. The molecule has 1 aliphatic heterocycles. The molecular formula is C20H25NO3. The van der Waals surface area contributed by atoms with Gasteiger partial charge in [0.2, 0.25) is 5.91 Å². The maximum atomic E-state index is 13.0. The van der Waals surface area contributed by atoms with E-state index in [-0.39, 0.29) is 30.3 Å². The fourth-order valence-electron chi connectivity index (χ4n) is 4.80. The molecule has 128 valence electrons. The number of carbonyl (C=O) groups excluding carboxylic acids is 2. The molecule has 1 saturated carbocycles. The Hall–Kier alpha value is -1.84. The van der Waals surface area contributed by atoms with Gasteiger partial charge < -0.3 is 10.1 Å². The van der Waals surface area contributed by atoms with Gasteiger partial charge in [-0.1, -0.05) is 30.7 Å². The Labute approximate surface area is 143 Å². The molecule has 3 aliphatic rings. The summed E-state index contributed by atoms with van der Waals surface area (Å²) in [4.78, 5) is 24.9. The van der Waals surface area contributed by atoms with Gasteiger partial charge in [-0.15, -0.1) is 0 Å². The first-order valence-electron chi connectivity index (χ1n) is 9.28. The number of benzene rings is 1. The van der Waals surface area contributed by atoms with E-state index < -0.39 is 5.60 Å². The van der Waals surface area contributed by atoms with Gasteiger partial charge in [-0.2, -0.15) is 0 Å². The molecule has 1 heterocycles. The number of aryl methyl sites for hydroxylation is 1. The molecule has 2 fully saturated rings. The van der Waals surface area contributed by atoms with E-state index in [1.807, 2.05) is 6.07 Å². The molecule has 1 saturated heterocycles. The van der Waals surface area contributed by atoms with Crippen molar-refractivity contribution in [2.75, 3.05) is 0 Å². The van der Waals surface area contributed by atoms with Crippen molar-refractivity contribution in [3.05, 3.63) is 35.4 Å². The van der Waals surface area contributed by atoms with Gasteiger partial charge in [0.05, 0.1) is 18.4 Å². The summed E-state index contributed by atoms with van der Waals surface area (Å²) < 4.78 is 5.68. The van der Waals surface area contributed by atoms with Crippen LogP contribution < -0.4 is 5.32 Å². The minimum atomic E-state index is -0.534. The molecule has 1 N–H and O–H groups in total. The second-order valence-corrected chi connectivity index (χ2v) is 7.51. The zero-order chi connectivity index (χ0) is 16.6. The first kappa shape index (κ1) is 15.7. The fourth-order valence-corrected chi connectivity index (χ4v) is 4.80. The maximum absolute atomic E-state index is 13.0. The molecule has 0 radical (unpaired) electrons. The summed E-state index contributed by atoms with van der Waals surface area (Å²) in [6, 6.07) is 8.43. The fraction of sp³-hybridized carbons (Fsp3) is 0.600. The minimum Gasteiger partial charge on any atom is -0.458 e. The molecule has 1 aromatic carbocycles. The average molecular weight is 327 g/mol. The Morgan fingerprint density at radius 3 is 2.75 bits per heavy atom. The van der Waals surface area contributed by atoms with Crippen molar-refractivity contribution in [3.63, 3.8) is 0 Å². The predicted molar refractivity (Wildman–Crippen MR) is 90.3 cm³/mol. The van der Waals surface area contributed by atoms with E-state index in [0.717, 1.165) is 44.9 Å². The number of nitrogens with one attached hydrogen (secondary N) is 1. The number of fused-ring (bicyclic) bond motifs is 1. The highest BCUT2D eigenvalue weighted by molar-refractivity contribution is 5.88. The van der Waals surface area contributed by atoms with Crippen molar-refractivity contribution in [2.45, 2.75) is 69.4 Å². The molecule has 1 amide bonds. The van der Waals surface area contributed by atoms with Crippen LogP contribution in [0.5, 0.6) is 0 Å². The largest absolute Gasteiger partial charge is 0.458 e. The van der Waals surface area contributed by atoms with Crippen molar-refractivity contribution in [1.82, 2.24) is 5.32 Å². The number of hydrogen-bond donors (Lipinski definition) is 1. The lowest BCUT2D eigenvalue weighted by Gasteiger charge is -2.37. The van der Waals surface area contributed by atoms with E-state index in [4.69, 9.17) is 4.74 Å². The van der Waals surface area contributed by atoms with Crippen LogP contribution in [-0.2, 0) is 20.7 Å². The number of ether oxygens (including phenoxy) is 1. The summed E-state index contributed by atoms with van der Waals surface area (Å²) in [7, 11) is 0. The van der Waals surface area contributed by atoms with Crippen molar-refractivity contribution < 1.29 is 14.3 Å². The van der Waals surface area contributed by atoms with Crippen LogP contribution >= 0.6 is 0 Å². The number of carbonyl (C=O) groups is 2. The number of hydrogen-bond acceptors (Lipinski definition) is 3. The SMILES string of the molecule is O=C1CC(C(=O)NC2CCCc3ccccc32)C2(CCCCC2)O1. The summed E-state index contributed by atoms with van der Waals surface area (Å²) in [6.07, 6.45) is 8.30. The summed E-state index contributed by atoms with van der Waals surface area (Å²) in [5.41, 5.74) is 2.04. The molecule has 1 aromatic rings. The van der Waals surface area contributed by atoms with Crippen LogP contribution in [0.3, 0.4) is 0 Å². The van der Waals surface area contributed by atoms with Gasteiger partial charge in [0, 0.05) is 0 Å². The van der Waals surface area contributed by atoms with Gasteiger partial charge in [0.25, 0.3) is 0 Å². The van der Waals surface area contributed by atoms with E-state index >= 15 is 0 Å². The molecule has 2 atom stereocenters. The van der Waals surface area contributed by atoms with Gasteiger partial charge in [-0.25, -0.2) is 0 Å². The lowest BCUT2D eigenvalue weighted by atomic mass is 9.75. The van der Waals surface area contributed by atoms with Crippen LogP contribution in [0.4, 0.5) is 0 Å². The predicted octanol–water partition coefficient (Wildman–Crippen LogP) is 3.45. The van der Waals surface area contributed by atoms with Crippen LogP contribution in [0.1, 0.15) is 68.5 Å². The lowest BCUT2D eigenvalue weighted by Crippen LogP contribution is -2.46. The van der Waals surface area contributed by atoms with Crippen molar-refractivity contribution in [2.24, 2.45) is 5.92 Å². The second kappa shape index (κ2) is 6.23. The Morgan fingerprint density at radius 1 is 1.12 bits per heavy atom. The average Bonchev–Trinajstić information content (AvgIpc) is 2.91. The zero-order valence-electron chi connectivity index (χ0n) is 14.1. The van der Waals surface area contributed by atoms with Crippen LogP contribution in [0.25, 0.3) is 0 Å². The van der Waals surface area contributed by atoms with Crippen molar-refractivity contribution >= 4 is 11.9 Å². The maximum Gasteiger partial charge on any atom is 0.307 e. The highest BCUT2D eigenvalue weighted by Crippen LogP contribution is 2.44. The molecule has 0 bridgehead atoms. The zero-order valence-corrected chi connectivity index (χ0v) is 14.1. The minimum absolute atomic E-state index is 0.00412. The normalized spacial score (nSPS) is 28.2. The topological polar surface area (TPSA) is 55.4 Å². The third-order valence-electron chi connectivity index (χ3n) is 6.03. The molecule has 4 rings (SSSR count). The van der Waals surface area contributed by atoms with Crippen LogP contribution in [0.2, 0.25) is 0 Å². The second-order valence-electron chi connectivity index (χ2n) is 7.51. The van der Waals surface area contributed by atoms with Gasteiger partial charge in [-0.05, 0) is 56.1 Å². The molecule has 1 spiro atoms. The molecule has 24 heavy (non-hydrogen) atoms. The van der Waals surface area contributed by atoms with Crippen molar-refractivity contribution in [3.8, 4) is 0 Å². The van der Waals surface area contributed by atoms with Gasteiger partial charge in [0.1, 0.15) is 5.60 Å². The Bertz CT molecular complexity index is 648. The summed E-state index contributed by atoms with van der Waals surface area (Å²) >= 11 is 0. The first-order chi connectivity index (χ1) is 11.7. The van der Waals surface area contributed by atoms with Gasteiger partial charge in [0.15, 0.2) is 0 Å². The smallest absolute Gasteiger partial charge is 0.307 e. The lowest BCUT2D eigenvalue weighted by molar-refractivity contribution is -0.153. The van der Waals surface area contributed by atoms with E-state index in [9.17, 15) is 9.59 Å². The summed E-state index contributed by atoms with van der Waals surface area (Å²) in [6.45, 7) is 0. The van der Waals surface area contributed by atoms with Crippen molar-refractivity contribution in [1.29, 1.82) is 0 Å². The first-order valence-corrected chi connectivity index (χ1v) is 9.28. The Kier molecular flexibility index (Phi) is 4.07. The van der Waals surface area contributed by atoms with Crippen LogP contribution in [0, 0.1) is 5.92 Å². The monoisotopic (exact) mass is 327 g/mol. The van der Waals surface area contributed by atoms with E-state index in [0.29, 0.717) is 0 Å².